The lowest BCUT2D eigenvalue weighted by molar-refractivity contribution is -0.115. The van der Waals surface area contributed by atoms with E-state index in [-0.39, 0.29) is 30.8 Å². The minimum absolute atomic E-state index is 0.0356. The second-order valence-electron chi connectivity index (χ2n) is 7.59. The van der Waals surface area contributed by atoms with Gasteiger partial charge in [-0.25, -0.2) is 15.0 Å². The van der Waals surface area contributed by atoms with Crippen molar-refractivity contribution >= 4 is 28.9 Å². The van der Waals surface area contributed by atoms with E-state index in [4.69, 9.17) is 14.9 Å². The van der Waals surface area contributed by atoms with Gasteiger partial charge >= 0.3 is 6.01 Å². The molecule has 5 rings (SSSR count). The third kappa shape index (κ3) is 4.17. The zero-order valence-electron chi connectivity index (χ0n) is 17.6. The molecule has 0 unspecified atom stereocenters. The molecular weight excluding hydrogens is 446 g/mol. The SMILES string of the molecule is Nc1ncnc2c1ncn2[C@@H]1O[C@H](CNCC(=O)Nc2nnc(-c3ccccc3)o2)[C@@H](O)[C@H]1O. The fraction of sp³-hybridized carbons (Fsp3) is 0.300. The van der Waals surface area contributed by atoms with Gasteiger partial charge in [-0.1, -0.05) is 23.3 Å². The van der Waals surface area contributed by atoms with E-state index in [2.05, 4.69) is 35.8 Å². The zero-order valence-corrected chi connectivity index (χ0v) is 17.6. The molecule has 1 aromatic carbocycles. The molecule has 34 heavy (non-hydrogen) atoms. The largest absolute Gasteiger partial charge is 0.403 e. The summed E-state index contributed by atoms with van der Waals surface area (Å²) in [7, 11) is 0. The molecule has 6 N–H and O–H groups in total. The van der Waals surface area contributed by atoms with Crippen LogP contribution in [0, 0.1) is 0 Å². The van der Waals surface area contributed by atoms with E-state index in [0.717, 1.165) is 5.56 Å². The van der Waals surface area contributed by atoms with Gasteiger partial charge in [0.25, 0.3) is 0 Å². The predicted octanol–water partition coefficient (Wildman–Crippen LogP) is -0.694. The number of ether oxygens (including phenoxy) is 1. The minimum Gasteiger partial charge on any atom is -0.403 e. The third-order valence-electron chi connectivity index (χ3n) is 5.32. The van der Waals surface area contributed by atoms with Gasteiger partial charge in [0.2, 0.25) is 11.8 Å². The standard InChI is InChI=1S/C20H21N9O5/c21-16-13-17(24-8-23-16)29(9-25-13)19-15(32)14(31)11(33-19)6-22-7-12(30)26-20-28-27-18(34-20)10-4-2-1-3-5-10/h1-5,8-9,11,14-15,19,22,31-32H,6-7H2,(H2,21,23,24)(H,26,28,30)/t11-,14-,15-,19-/m1/s1. The van der Waals surface area contributed by atoms with Crippen LogP contribution >= 0.6 is 0 Å². The molecule has 4 heterocycles. The number of aromatic nitrogens is 6. The van der Waals surface area contributed by atoms with Crippen molar-refractivity contribution in [3.05, 3.63) is 43.0 Å². The maximum absolute atomic E-state index is 12.2. The quantitative estimate of drug-likeness (QED) is 0.229. The number of aliphatic hydroxyl groups excluding tert-OH is 2. The number of aliphatic hydroxyl groups is 2. The molecule has 4 aromatic rings. The van der Waals surface area contributed by atoms with Crippen molar-refractivity contribution in [3.63, 3.8) is 0 Å². The van der Waals surface area contributed by atoms with Crippen LogP contribution in [0.3, 0.4) is 0 Å². The summed E-state index contributed by atoms with van der Waals surface area (Å²) in [5.74, 6) is 0.0456. The second-order valence-corrected chi connectivity index (χ2v) is 7.59. The number of nitrogen functional groups attached to an aromatic ring is 1. The van der Waals surface area contributed by atoms with Gasteiger partial charge in [-0.15, -0.1) is 5.10 Å². The highest BCUT2D eigenvalue weighted by atomic mass is 16.6. The lowest BCUT2D eigenvalue weighted by Crippen LogP contribution is -2.40. The van der Waals surface area contributed by atoms with Crippen molar-refractivity contribution in [3.8, 4) is 11.5 Å². The van der Waals surface area contributed by atoms with Gasteiger partial charge in [0.05, 0.1) is 12.9 Å². The van der Waals surface area contributed by atoms with E-state index in [1.807, 2.05) is 30.3 Å². The van der Waals surface area contributed by atoms with Gasteiger partial charge < -0.3 is 30.4 Å². The van der Waals surface area contributed by atoms with E-state index in [9.17, 15) is 15.0 Å². The predicted molar refractivity (Wildman–Crippen MR) is 117 cm³/mol. The minimum atomic E-state index is -1.25. The normalized spacial score (nSPS) is 22.3. The van der Waals surface area contributed by atoms with Crippen LogP contribution in [-0.2, 0) is 9.53 Å². The summed E-state index contributed by atoms with van der Waals surface area (Å²) in [6, 6.07) is 9.12. The Morgan fingerprint density at radius 3 is 2.76 bits per heavy atom. The number of nitrogens with one attached hydrogen (secondary N) is 2. The molecule has 1 aliphatic rings. The summed E-state index contributed by atoms with van der Waals surface area (Å²) < 4.78 is 12.7. The first kappa shape index (κ1) is 21.8. The maximum Gasteiger partial charge on any atom is 0.322 e. The number of carbonyl (C=O) groups excluding carboxylic acids is 1. The average molecular weight is 467 g/mol. The van der Waals surface area contributed by atoms with Crippen LogP contribution in [-0.4, -0.2) is 77.2 Å². The van der Waals surface area contributed by atoms with E-state index < -0.39 is 30.4 Å². The topological polar surface area (TPSA) is 199 Å². The number of nitrogens with zero attached hydrogens (tertiary/aromatic N) is 6. The van der Waals surface area contributed by atoms with Crippen molar-refractivity contribution in [1.29, 1.82) is 0 Å². The van der Waals surface area contributed by atoms with Gasteiger partial charge in [0.1, 0.15) is 30.2 Å². The fourth-order valence-corrected chi connectivity index (χ4v) is 3.65. The Morgan fingerprint density at radius 2 is 1.94 bits per heavy atom. The number of anilines is 2. The molecule has 0 aliphatic carbocycles. The van der Waals surface area contributed by atoms with Crippen LogP contribution in [0.4, 0.5) is 11.8 Å². The van der Waals surface area contributed by atoms with Crippen LogP contribution in [0.25, 0.3) is 22.6 Å². The highest BCUT2D eigenvalue weighted by Gasteiger charge is 2.44. The van der Waals surface area contributed by atoms with Crippen molar-refractivity contribution < 1.29 is 24.2 Å². The zero-order chi connectivity index (χ0) is 23.7. The Morgan fingerprint density at radius 1 is 1.12 bits per heavy atom. The smallest absolute Gasteiger partial charge is 0.322 e. The van der Waals surface area contributed by atoms with E-state index >= 15 is 0 Å². The van der Waals surface area contributed by atoms with Crippen LogP contribution in [0.2, 0.25) is 0 Å². The number of hydrogen-bond donors (Lipinski definition) is 5. The summed E-state index contributed by atoms with van der Waals surface area (Å²) >= 11 is 0. The lowest BCUT2D eigenvalue weighted by atomic mass is 10.1. The maximum atomic E-state index is 12.2. The lowest BCUT2D eigenvalue weighted by Gasteiger charge is -2.16. The van der Waals surface area contributed by atoms with Crippen molar-refractivity contribution in [1.82, 2.24) is 35.0 Å². The molecule has 14 heteroatoms. The molecule has 1 saturated heterocycles. The summed E-state index contributed by atoms with van der Waals surface area (Å²) in [5, 5.41) is 34.0. The number of rotatable bonds is 7. The van der Waals surface area contributed by atoms with Gasteiger partial charge in [0, 0.05) is 12.1 Å². The Labute approximate surface area is 191 Å². The number of hydrogen-bond acceptors (Lipinski definition) is 12. The van der Waals surface area contributed by atoms with Crippen molar-refractivity contribution in [2.45, 2.75) is 24.5 Å². The monoisotopic (exact) mass is 467 g/mol. The molecule has 1 aliphatic heterocycles. The number of fused-ring (bicyclic) bond motifs is 1. The number of carbonyl (C=O) groups is 1. The Hall–Kier alpha value is -3.98. The summed E-state index contributed by atoms with van der Waals surface area (Å²) in [6.07, 6.45) is -1.50. The summed E-state index contributed by atoms with van der Waals surface area (Å²) in [6.45, 7) is -0.0286. The molecule has 14 nitrogen and oxygen atoms in total. The summed E-state index contributed by atoms with van der Waals surface area (Å²) in [4.78, 5) is 24.4. The highest BCUT2D eigenvalue weighted by Crippen LogP contribution is 2.31. The summed E-state index contributed by atoms with van der Waals surface area (Å²) in [5.41, 5.74) is 7.26. The Kier molecular flexibility index (Phi) is 5.85. The van der Waals surface area contributed by atoms with Gasteiger partial charge in [0.15, 0.2) is 17.7 Å². The van der Waals surface area contributed by atoms with E-state index in [1.54, 1.807) is 0 Å². The average Bonchev–Trinajstić information content (AvgIpc) is 3.55. The molecule has 176 valence electrons. The molecule has 0 saturated carbocycles. The van der Waals surface area contributed by atoms with Crippen molar-refractivity contribution in [2.75, 3.05) is 24.1 Å². The second kappa shape index (κ2) is 9.11. The number of nitrogens with two attached hydrogens (primary N) is 1. The molecular formula is C20H21N9O5. The Balaban J connectivity index is 1.15. The van der Waals surface area contributed by atoms with E-state index in [1.165, 1.54) is 17.2 Å². The van der Waals surface area contributed by atoms with Crippen LogP contribution in [0.1, 0.15) is 6.23 Å². The highest BCUT2D eigenvalue weighted by molar-refractivity contribution is 5.90. The van der Waals surface area contributed by atoms with Gasteiger partial charge in [-0.05, 0) is 12.1 Å². The molecule has 0 bridgehead atoms. The van der Waals surface area contributed by atoms with E-state index in [0.29, 0.717) is 11.2 Å². The van der Waals surface area contributed by atoms with Gasteiger partial charge in [-0.2, -0.15) is 0 Å². The molecule has 3 aromatic heterocycles. The fourth-order valence-electron chi connectivity index (χ4n) is 3.65. The first-order chi connectivity index (χ1) is 16.5. The number of amides is 1. The molecule has 4 atom stereocenters. The Bertz CT molecular complexity index is 1290. The van der Waals surface area contributed by atoms with Crippen molar-refractivity contribution in [2.24, 2.45) is 0 Å². The molecule has 0 spiro atoms. The molecule has 1 amide bonds. The third-order valence-corrected chi connectivity index (χ3v) is 5.32. The first-order valence-electron chi connectivity index (χ1n) is 10.4. The molecule has 1 fully saturated rings. The first-order valence-corrected chi connectivity index (χ1v) is 10.4. The molecule has 0 radical (unpaired) electrons. The van der Waals surface area contributed by atoms with Crippen LogP contribution in [0.5, 0.6) is 0 Å². The van der Waals surface area contributed by atoms with Gasteiger partial charge in [-0.3, -0.25) is 14.7 Å². The van der Waals surface area contributed by atoms with Crippen LogP contribution in [0.15, 0.2) is 47.4 Å². The van der Waals surface area contributed by atoms with Crippen LogP contribution < -0.4 is 16.4 Å². The number of benzene rings is 1. The number of imidazole rings is 1.